The summed E-state index contributed by atoms with van der Waals surface area (Å²) >= 11 is 1.62. The molecule has 1 aromatic carbocycles. The monoisotopic (exact) mass is 410 g/mol. The van der Waals surface area contributed by atoms with Gasteiger partial charge in [-0.25, -0.2) is 4.98 Å². The highest BCUT2D eigenvalue weighted by atomic mass is 32.1. The number of amides is 2. The molecule has 150 valence electrons. The molecule has 0 saturated heterocycles. The Morgan fingerprint density at radius 1 is 1.28 bits per heavy atom. The molecule has 0 unspecified atom stereocenters. The fourth-order valence-electron chi connectivity index (χ4n) is 3.80. The van der Waals surface area contributed by atoms with E-state index in [0.29, 0.717) is 16.8 Å². The number of aromatic nitrogens is 2. The number of fused-ring (bicyclic) bond motifs is 3. The highest BCUT2D eigenvalue weighted by Crippen LogP contribution is 2.33. The van der Waals surface area contributed by atoms with Gasteiger partial charge in [-0.3, -0.25) is 19.0 Å². The molecule has 29 heavy (non-hydrogen) atoms. The Bertz CT molecular complexity index is 1180. The van der Waals surface area contributed by atoms with Crippen LogP contribution in [-0.2, 0) is 24.2 Å². The maximum atomic E-state index is 12.9. The molecule has 3 aromatic rings. The summed E-state index contributed by atoms with van der Waals surface area (Å²) in [7, 11) is 0. The molecule has 0 bridgehead atoms. The van der Waals surface area contributed by atoms with Gasteiger partial charge >= 0.3 is 0 Å². The van der Waals surface area contributed by atoms with E-state index >= 15 is 0 Å². The summed E-state index contributed by atoms with van der Waals surface area (Å²) in [6.07, 6.45) is 5.89. The second-order valence-electron chi connectivity index (χ2n) is 7.33. The molecule has 2 amide bonds. The van der Waals surface area contributed by atoms with Gasteiger partial charge in [0.05, 0.1) is 11.7 Å². The lowest BCUT2D eigenvalue weighted by Crippen LogP contribution is -2.24. The third-order valence-electron chi connectivity index (χ3n) is 5.30. The minimum atomic E-state index is -0.502. The van der Waals surface area contributed by atoms with Gasteiger partial charge in [0.1, 0.15) is 4.83 Å². The number of carbonyl (C=O) groups is 2. The molecular weight excluding hydrogens is 388 g/mol. The second kappa shape index (κ2) is 7.79. The van der Waals surface area contributed by atoms with Crippen molar-refractivity contribution in [2.45, 2.75) is 45.6 Å². The summed E-state index contributed by atoms with van der Waals surface area (Å²) in [6.45, 7) is 2.02. The predicted molar refractivity (Wildman–Crippen MR) is 113 cm³/mol. The van der Waals surface area contributed by atoms with Gasteiger partial charge in [0.15, 0.2) is 0 Å². The fraction of sp³-hybridized carbons (Fsp3) is 0.333. The molecule has 0 aliphatic heterocycles. The van der Waals surface area contributed by atoms with Crippen molar-refractivity contribution >= 4 is 39.1 Å². The topological polar surface area (TPSA) is 107 Å². The Kier molecular flexibility index (Phi) is 5.19. The largest absolute Gasteiger partial charge is 0.366 e. The first-order valence-electron chi connectivity index (χ1n) is 9.64. The summed E-state index contributed by atoms with van der Waals surface area (Å²) in [5.41, 5.74) is 8.10. The Hall–Kier alpha value is -3.00. The first-order chi connectivity index (χ1) is 13.9. The fourth-order valence-corrected chi connectivity index (χ4v) is 5.02. The van der Waals surface area contributed by atoms with Crippen LogP contribution in [0.4, 0.5) is 5.69 Å². The maximum Gasteiger partial charge on any atom is 0.262 e. The minimum absolute atomic E-state index is 0.0659. The molecule has 0 atom stereocenters. The zero-order valence-electron chi connectivity index (χ0n) is 16.2. The molecule has 0 saturated carbocycles. The first kappa shape index (κ1) is 19.3. The number of thiophene rings is 1. The first-order valence-corrected chi connectivity index (χ1v) is 10.5. The van der Waals surface area contributed by atoms with E-state index in [1.165, 1.54) is 15.8 Å². The molecule has 4 rings (SSSR count). The molecule has 0 spiro atoms. The Balaban J connectivity index is 1.47. The smallest absolute Gasteiger partial charge is 0.262 e. The van der Waals surface area contributed by atoms with Crippen LogP contribution in [0.25, 0.3) is 10.2 Å². The number of carbonyl (C=O) groups excluding carboxylic acids is 2. The Morgan fingerprint density at radius 2 is 2.07 bits per heavy atom. The van der Waals surface area contributed by atoms with Crippen molar-refractivity contribution in [1.29, 1.82) is 0 Å². The van der Waals surface area contributed by atoms with Crippen LogP contribution in [-0.4, -0.2) is 21.4 Å². The van der Waals surface area contributed by atoms with Gasteiger partial charge in [0.25, 0.3) is 5.56 Å². The summed E-state index contributed by atoms with van der Waals surface area (Å²) in [5.74, 6) is -0.714. The van der Waals surface area contributed by atoms with Crippen molar-refractivity contribution in [2.75, 3.05) is 5.32 Å². The SMILES string of the molecule is Cc1cc(NC(=O)CCn2cnc3sc4c(c3c2=O)CCCC4)ccc1C(N)=O. The Morgan fingerprint density at radius 3 is 2.83 bits per heavy atom. The molecule has 7 nitrogen and oxygen atoms in total. The van der Waals surface area contributed by atoms with E-state index < -0.39 is 5.91 Å². The lowest BCUT2D eigenvalue weighted by molar-refractivity contribution is -0.116. The number of nitrogens with two attached hydrogens (primary N) is 1. The van der Waals surface area contributed by atoms with E-state index in [9.17, 15) is 14.4 Å². The van der Waals surface area contributed by atoms with Crippen LogP contribution in [0.3, 0.4) is 0 Å². The van der Waals surface area contributed by atoms with Gasteiger partial charge in [0, 0.05) is 29.1 Å². The van der Waals surface area contributed by atoms with Gasteiger partial charge in [-0.2, -0.15) is 0 Å². The van der Waals surface area contributed by atoms with Crippen molar-refractivity contribution in [3.63, 3.8) is 0 Å². The standard InChI is InChI=1S/C21H22N4O3S/c1-12-10-13(6-7-14(12)19(22)27)24-17(26)8-9-25-11-23-20-18(21(25)28)15-4-2-3-5-16(15)29-20/h6-7,10-11H,2-5,8-9H2,1H3,(H2,22,27)(H,24,26). The normalized spacial score (nSPS) is 13.3. The second-order valence-corrected chi connectivity index (χ2v) is 8.41. The van der Waals surface area contributed by atoms with Gasteiger partial charge < -0.3 is 11.1 Å². The van der Waals surface area contributed by atoms with Gasteiger partial charge in [0.2, 0.25) is 11.8 Å². The molecule has 2 heterocycles. The van der Waals surface area contributed by atoms with Crippen LogP contribution < -0.4 is 16.6 Å². The highest BCUT2D eigenvalue weighted by molar-refractivity contribution is 7.18. The zero-order valence-corrected chi connectivity index (χ0v) is 17.0. The van der Waals surface area contributed by atoms with E-state index in [1.807, 2.05) is 0 Å². The van der Waals surface area contributed by atoms with E-state index in [4.69, 9.17) is 5.73 Å². The summed E-state index contributed by atoms with van der Waals surface area (Å²) < 4.78 is 1.52. The third kappa shape index (κ3) is 3.80. The summed E-state index contributed by atoms with van der Waals surface area (Å²) in [6, 6.07) is 4.94. The van der Waals surface area contributed by atoms with E-state index in [1.54, 1.807) is 36.5 Å². The number of hydrogen-bond donors (Lipinski definition) is 2. The molecule has 3 N–H and O–H groups in total. The number of nitrogens with one attached hydrogen (secondary N) is 1. The number of benzene rings is 1. The van der Waals surface area contributed by atoms with Crippen LogP contribution in [0.1, 0.15) is 45.6 Å². The lowest BCUT2D eigenvalue weighted by Gasteiger charge is -2.11. The van der Waals surface area contributed by atoms with E-state index in [2.05, 4.69) is 10.3 Å². The molecule has 1 aliphatic rings. The average Bonchev–Trinajstić information content (AvgIpc) is 3.06. The van der Waals surface area contributed by atoms with Gasteiger partial charge in [-0.05, 0) is 61.9 Å². The van der Waals surface area contributed by atoms with Crippen molar-refractivity contribution in [3.05, 3.63) is 56.4 Å². The highest BCUT2D eigenvalue weighted by Gasteiger charge is 2.20. The van der Waals surface area contributed by atoms with Crippen LogP contribution in [0.2, 0.25) is 0 Å². The van der Waals surface area contributed by atoms with Crippen molar-refractivity contribution < 1.29 is 9.59 Å². The number of hydrogen-bond acceptors (Lipinski definition) is 5. The zero-order chi connectivity index (χ0) is 20.5. The number of anilines is 1. The van der Waals surface area contributed by atoms with Gasteiger partial charge in [-0.1, -0.05) is 0 Å². The van der Waals surface area contributed by atoms with E-state index in [-0.39, 0.29) is 24.4 Å². The third-order valence-corrected chi connectivity index (χ3v) is 6.50. The van der Waals surface area contributed by atoms with E-state index in [0.717, 1.165) is 41.5 Å². The number of nitrogens with zero attached hydrogens (tertiary/aromatic N) is 2. The van der Waals surface area contributed by atoms with Crippen LogP contribution >= 0.6 is 11.3 Å². The number of rotatable bonds is 5. The number of primary amides is 1. The van der Waals surface area contributed by atoms with Crippen LogP contribution in [0.5, 0.6) is 0 Å². The molecule has 1 aliphatic carbocycles. The lowest BCUT2D eigenvalue weighted by atomic mass is 9.97. The summed E-state index contributed by atoms with van der Waals surface area (Å²) in [5, 5.41) is 3.52. The molecular formula is C21H22N4O3S. The number of aryl methyl sites for hydroxylation is 4. The Labute approximate surface area is 171 Å². The van der Waals surface area contributed by atoms with Crippen molar-refractivity contribution in [3.8, 4) is 0 Å². The van der Waals surface area contributed by atoms with Gasteiger partial charge in [-0.15, -0.1) is 11.3 Å². The quantitative estimate of drug-likeness (QED) is 0.674. The maximum absolute atomic E-state index is 12.9. The van der Waals surface area contributed by atoms with Crippen LogP contribution in [0, 0.1) is 6.92 Å². The molecule has 0 radical (unpaired) electrons. The minimum Gasteiger partial charge on any atom is -0.366 e. The average molecular weight is 410 g/mol. The predicted octanol–water partition coefficient (Wildman–Crippen LogP) is 2.77. The molecule has 8 heteroatoms. The van der Waals surface area contributed by atoms with Crippen molar-refractivity contribution in [2.24, 2.45) is 5.73 Å². The molecule has 2 aromatic heterocycles. The van der Waals surface area contributed by atoms with Crippen LogP contribution in [0.15, 0.2) is 29.3 Å². The summed E-state index contributed by atoms with van der Waals surface area (Å²) in [4.78, 5) is 43.1. The molecule has 0 fully saturated rings. The van der Waals surface area contributed by atoms with Crippen molar-refractivity contribution in [1.82, 2.24) is 9.55 Å².